The largest absolute Gasteiger partial charge is 0.339 e. The maximum absolute atomic E-state index is 15.0. The highest BCUT2D eigenvalue weighted by Gasteiger charge is 2.59. The summed E-state index contributed by atoms with van der Waals surface area (Å²) in [6.07, 6.45) is -0.568. The van der Waals surface area contributed by atoms with Crippen molar-refractivity contribution in [3.8, 4) is 11.1 Å². The number of hydrogen-bond acceptors (Lipinski definition) is 0. The van der Waals surface area contributed by atoms with Crippen molar-refractivity contribution in [3.05, 3.63) is 89.0 Å². The van der Waals surface area contributed by atoms with Gasteiger partial charge in [-0.25, -0.2) is 13.2 Å². The van der Waals surface area contributed by atoms with Crippen LogP contribution in [0.5, 0.6) is 0 Å². The van der Waals surface area contributed by atoms with Gasteiger partial charge in [0.2, 0.25) is 0 Å². The van der Waals surface area contributed by atoms with Gasteiger partial charge in [0.15, 0.2) is 11.6 Å². The molecule has 0 fully saturated rings. The molecule has 0 aliphatic heterocycles. The number of alkyl halides is 4. The van der Waals surface area contributed by atoms with E-state index in [-0.39, 0.29) is 17.5 Å². The summed E-state index contributed by atoms with van der Waals surface area (Å²) in [5.74, 6) is -14.0. The fraction of sp³-hybridized carbons (Fsp3) is 0.217. The Kier molecular flexibility index (Phi) is 5.43. The quantitative estimate of drug-likeness (QED) is 0.340. The second kappa shape index (κ2) is 7.45. The summed E-state index contributed by atoms with van der Waals surface area (Å²) in [5.41, 5.74) is -4.02. The molecular weight excluding hydrogens is 409 g/mol. The zero-order valence-electron chi connectivity index (χ0n) is 15.9. The van der Waals surface area contributed by atoms with Gasteiger partial charge in [0.25, 0.3) is 0 Å². The molecule has 2 aromatic rings. The van der Waals surface area contributed by atoms with Gasteiger partial charge in [0.1, 0.15) is 5.83 Å². The van der Waals surface area contributed by atoms with E-state index in [1.165, 1.54) is 18.2 Å². The monoisotopic (exact) mass is 426 g/mol. The lowest BCUT2D eigenvalue weighted by Gasteiger charge is -2.31. The van der Waals surface area contributed by atoms with E-state index in [1.807, 2.05) is 0 Å². The Morgan fingerprint density at radius 1 is 0.867 bits per heavy atom. The zero-order valence-corrected chi connectivity index (χ0v) is 15.9. The molecule has 0 saturated heterocycles. The molecule has 158 valence electrons. The van der Waals surface area contributed by atoms with Crippen LogP contribution in [0.4, 0.5) is 30.7 Å². The third kappa shape index (κ3) is 3.26. The van der Waals surface area contributed by atoms with Crippen LogP contribution in [0.15, 0.2) is 66.3 Å². The number of allylic oxidation sites excluding steroid dienone is 3. The summed E-state index contributed by atoms with van der Waals surface area (Å²) in [7, 11) is 0. The molecule has 7 heteroatoms. The van der Waals surface area contributed by atoms with Crippen LogP contribution >= 0.6 is 0 Å². The lowest BCUT2D eigenvalue weighted by Crippen LogP contribution is -2.43. The van der Waals surface area contributed by atoms with Gasteiger partial charge in [-0.15, -0.1) is 0 Å². The maximum Gasteiger partial charge on any atom is 0.339 e. The molecule has 0 N–H and O–H groups in total. The van der Waals surface area contributed by atoms with Gasteiger partial charge in [-0.3, -0.25) is 0 Å². The van der Waals surface area contributed by atoms with Crippen LogP contribution < -0.4 is 0 Å². The van der Waals surface area contributed by atoms with Gasteiger partial charge in [0.05, 0.1) is 5.56 Å². The lowest BCUT2D eigenvalue weighted by atomic mass is 9.82. The zero-order chi connectivity index (χ0) is 22.4. The Hall–Kier alpha value is -2.83. The van der Waals surface area contributed by atoms with E-state index >= 15 is 0 Å². The number of hydrogen-bond donors (Lipinski definition) is 0. The number of benzene rings is 2. The second-order valence-corrected chi connectivity index (χ2v) is 7.15. The Bertz CT molecular complexity index is 1060. The topological polar surface area (TPSA) is 0 Å². The Morgan fingerprint density at radius 3 is 2.03 bits per heavy atom. The van der Waals surface area contributed by atoms with E-state index in [0.717, 1.165) is 0 Å². The highest BCUT2D eigenvalue weighted by Crippen LogP contribution is 2.49. The molecule has 2 aromatic carbocycles. The first-order valence-corrected chi connectivity index (χ1v) is 8.98. The first kappa shape index (κ1) is 21.9. The van der Waals surface area contributed by atoms with E-state index in [2.05, 4.69) is 13.2 Å². The minimum atomic E-state index is -4.85. The summed E-state index contributed by atoms with van der Waals surface area (Å²) in [5, 5.41) is 0. The van der Waals surface area contributed by atoms with Crippen molar-refractivity contribution in [2.24, 2.45) is 0 Å². The van der Waals surface area contributed by atoms with Gasteiger partial charge >= 0.3 is 11.8 Å². The molecule has 0 radical (unpaired) electrons. The molecule has 0 saturated carbocycles. The number of rotatable bonds is 5. The summed E-state index contributed by atoms with van der Waals surface area (Å²) >= 11 is 0. The molecular formula is C23H17F7. The maximum atomic E-state index is 15.0. The minimum absolute atomic E-state index is 0.0526. The normalized spacial score (nSPS) is 14.5. The SMILES string of the molecule is C=C(C)C(F)(F)C(F)(F)C(=C)C1=C(F)c2c(cc(-c3ccccc3)c(F)c2F)CC1. The van der Waals surface area contributed by atoms with Crippen molar-refractivity contribution in [2.45, 2.75) is 31.6 Å². The third-order valence-corrected chi connectivity index (χ3v) is 5.18. The second-order valence-electron chi connectivity index (χ2n) is 7.15. The predicted molar refractivity (Wildman–Crippen MR) is 102 cm³/mol. The average molecular weight is 426 g/mol. The van der Waals surface area contributed by atoms with E-state index in [9.17, 15) is 30.7 Å². The van der Waals surface area contributed by atoms with Crippen molar-refractivity contribution in [1.29, 1.82) is 0 Å². The summed E-state index contributed by atoms with van der Waals surface area (Å²) in [6, 6.07) is 9.21. The first-order valence-electron chi connectivity index (χ1n) is 8.98. The molecule has 30 heavy (non-hydrogen) atoms. The Balaban J connectivity index is 2.14. The van der Waals surface area contributed by atoms with Crippen molar-refractivity contribution in [1.82, 2.24) is 0 Å². The minimum Gasteiger partial charge on any atom is -0.206 e. The smallest absolute Gasteiger partial charge is 0.206 e. The predicted octanol–water partition coefficient (Wildman–Crippen LogP) is 7.66. The number of halogens is 7. The highest BCUT2D eigenvalue weighted by molar-refractivity contribution is 5.76. The Labute approximate surface area is 169 Å². The van der Waals surface area contributed by atoms with Gasteiger partial charge in [-0.05, 0) is 48.1 Å². The van der Waals surface area contributed by atoms with E-state index in [4.69, 9.17) is 0 Å². The molecule has 0 atom stereocenters. The van der Waals surface area contributed by atoms with Crippen LogP contribution in [0.2, 0.25) is 0 Å². The lowest BCUT2D eigenvalue weighted by molar-refractivity contribution is -0.159. The van der Waals surface area contributed by atoms with E-state index in [0.29, 0.717) is 12.5 Å². The third-order valence-electron chi connectivity index (χ3n) is 5.18. The van der Waals surface area contributed by atoms with E-state index < -0.39 is 58.0 Å². The highest BCUT2D eigenvalue weighted by atomic mass is 19.3. The van der Waals surface area contributed by atoms with Crippen LogP contribution in [-0.4, -0.2) is 11.8 Å². The molecule has 0 aromatic heterocycles. The molecule has 0 unspecified atom stereocenters. The summed E-state index contributed by atoms with van der Waals surface area (Å²) in [6.45, 7) is 6.51. The first-order chi connectivity index (χ1) is 13.9. The van der Waals surface area contributed by atoms with Crippen LogP contribution in [-0.2, 0) is 6.42 Å². The van der Waals surface area contributed by atoms with Crippen LogP contribution in [0, 0.1) is 11.6 Å². The van der Waals surface area contributed by atoms with Gasteiger partial charge in [-0.1, -0.05) is 43.5 Å². The van der Waals surface area contributed by atoms with Crippen LogP contribution in [0.3, 0.4) is 0 Å². The fourth-order valence-electron chi connectivity index (χ4n) is 3.39. The van der Waals surface area contributed by atoms with Crippen molar-refractivity contribution < 1.29 is 30.7 Å². The van der Waals surface area contributed by atoms with Gasteiger partial charge in [0, 0.05) is 11.1 Å². The number of fused-ring (bicyclic) bond motifs is 1. The Morgan fingerprint density at radius 2 is 1.47 bits per heavy atom. The average Bonchev–Trinajstić information content (AvgIpc) is 2.70. The van der Waals surface area contributed by atoms with Gasteiger partial charge < -0.3 is 0 Å². The summed E-state index contributed by atoms with van der Waals surface area (Å²) in [4.78, 5) is 0. The van der Waals surface area contributed by atoms with Crippen molar-refractivity contribution in [3.63, 3.8) is 0 Å². The number of aryl methyl sites for hydroxylation is 1. The molecule has 3 rings (SSSR count). The van der Waals surface area contributed by atoms with Gasteiger partial charge in [-0.2, -0.15) is 17.6 Å². The molecule has 1 aliphatic rings. The van der Waals surface area contributed by atoms with Crippen molar-refractivity contribution in [2.75, 3.05) is 0 Å². The molecule has 0 bridgehead atoms. The van der Waals surface area contributed by atoms with Crippen LogP contribution in [0.25, 0.3) is 17.0 Å². The molecule has 0 amide bonds. The van der Waals surface area contributed by atoms with Crippen molar-refractivity contribution >= 4 is 5.83 Å². The fourth-order valence-corrected chi connectivity index (χ4v) is 3.39. The van der Waals surface area contributed by atoms with E-state index in [1.54, 1.807) is 18.2 Å². The summed E-state index contributed by atoms with van der Waals surface area (Å²) < 4.78 is 101. The molecule has 0 nitrogen and oxygen atoms in total. The molecule has 0 heterocycles. The van der Waals surface area contributed by atoms with Crippen LogP contribution in [0.1, 0.15) is 24.5 Å². The molecule has 1 aliphatic carbocycles. The standard InChI is InChI=1S/C23H17F7/c1-12(2)22(27,28)23(29,30)13(3)16-10-9-15-11-17(14-7-5-4-6-8-14)20(25)21(26)18(15)19(16)24/h4-8,11H,1,3,9-10H2,2H3. The molecule has 0 spiro atoms.